The summed E-state index contributed by atoms with van der Waals surface area (Å²) in [6.07, 6.45) is 2.81. The van der Waals surface area contributed by atoms with E-state index < -0.39 is 6.09 Å². The molecule has 5 heteroatoms. The van der Waals surface area contributed by atoms with Gasteiger partial charge in [0.15, 0.2) is 0 Å². The Hall–Kier alpha value is -2.92. The molecule has 2 aromatic carbocycles. The summed E-state index contributed by atoms with van der Waals surface area (Å²) in [6, 6.07) is 17.3. The first-order valence-electron chi connectivity index (χ1n) is 8.64. The molecule has 0 spiro atoms. The van der Waals surface area contributed by atoms with Gasteiger partial charge in [-0.3, -0.25) is 4.79 Å². The third-order valence-electron chi connectivity index (χ3n) is 4.70. The standard InChI is InChI=1S/C21H19NO4/c23-19(11-6-12-25-14-15-7-2-1-3-8-15)22-20-17-10-5-4-9-16(17)13-18(20)26-21(22)24/h1-11,18,20H,12-14H2/b11-6+/t18-,20+/m0/s1. The van der Waals surface area contributed by atoms with E-state index in [9.17, 15) is 9.59 Å². The van der Waals surface area contributed by atoms with E-state index in [1.54, 1.807) is 6.08 Å². The lowest BCUT2D eigenvalue weighted by atomic mass is 10.1. The van der Waals surface area contributed by atoms with Gasteiger partial charge in [-0.05, 0) is 16.7 Å². The summed E-state index contributed by atoms with van der Waals surface area (Å²) < 4.78 is 10.9. The number of nitrogens with zero attached hydrogens (tertiary/aromatic N) is 1. The average Bonchev–Trinajstić information content (AvgIpc) is 3.16. The molecule has 132 valence electrons. The molecule has 26 heavy (non-hydrogen) atoms. The number of imide groups is 1. The molecule has 5 nitrogen and oxygen atoms in total. The average molecular weight is 349 g/mol. The third kappa shape index (κ3) is 3.13. The van der Waals surface area contributed by atoms with Gasteiger partial charge in [-0.1, -0.05) is 60.7 Å². The van der Waals surface area contributed by atoms with Crippen LogP contribution in [0.1, 0.15) is 22.7 Å². The molecule has 1 aliphatic heterocycles. The van der Waals surface area contributed by atoms with Crippen LogP contribution in [0.3, 0.4) is 0 Å². The van der Waals surface area contributed by atoms with Gasteiger partial charge in [-0.15, -0.1) is 0 Å². The van der Waals surface area contributed by atoms with E-state index in [0.717, 1.165) is 16.7 Å². The molecule has 1 saturated heterocycles. The van der Waals surface area contributed by atoms with Gasteiger partial charge in [0.1, 0.15) is 12.1 Å². The van der Waals surface area contributed by atoms with Gasteiger partial charge in [-0.2, -0.15) is 0 Å². The second-order valence-corrected chi connectivity index (χ2v) is 6.38. The van der Waals surface area contributed by atoms with E-state index in [0.29, 0.717) is 19.6 Å². The normalized spacial score (nSPS) is 20.9. The van der Waals surface area contributed by atoms with E-state index in [1.807, 2.05) is 54.6 Å². The minimum absolute atomic E-state index is 0.286. The van der Waals surface area contributed by atoms with Crippen LogP contribution in [0.2, 0.25) is 0 Å². The zero-order chi connectivity index (χ0) is 17.9. The maximum absolute atomic E-state index is 12.5. The van der Waals surface area contributed by atoms with E-state index in [4.69, 9.17) is 9.47 Å². The second kappa shape index (κ2) is 7.14. The van der Waals surface area contributed by atoms with Crippen molar-refractivity contribution in [2.24, 2.45) is 0 Å². The molecule has 0 unspecified atom stereocenters. The number of fused-ring (bicyclic) bond motifs is 3. The summed E-state index contributed by atoms with van der Waals surface area (Å²) in [5.41, 5.74) is 3.19. The Balaban J connectivity index is 1.37. The first-order valence-corrected chi connectivity index (χ1v) is 8.64. The SMILES string of the molecule is O=C(/C=C/COCc1ccccc1)N1C(=O)O[C@H]2Cc3ccccc3[C@H]21. The van der Waals surface area contributed by atoms with Crippen molar-refractivity contribution in [1.82, 2.24) is 4.90 Å². The van der Waals surface area contributed by atoms with Crippen LogP contribution >= 0.6 is 0 Å². The van der Waals surface area contributed by atoms with Crippen LogP contribution < -0.4 is 0 Å². The van der Waals surface area contributed by atoms with Crippen LogP contribution in [0.15, 0.2) is 66.7 Å². The summed E-state index contributed by atoms with van der Waals surface area (Å²) in [6.45, 7) is 0.775. The van der Waals surface area contributed by atoms with Crippen molar-refractivity contribution in [2.75, 3.05) is 6.61 Å². The highest BCUT2D eigenvalue weighted by atomic mass is 16.6. The number of carbonyl (C=O) groups excluding carboxylic acids is 2. The monoisotopic (exact) mass is 349 g/mol. The molecule has 0 aromatic heterocycles. The van der Waals surface area contributed by atoms with Crippen LogP contribution in [0.5, 0.6) is 0 Å². The highest BCUT2D eigenvalue weighted by Gasteiger charge is 2.49. The molecule has 4 rings (SSSR count). The first-order chi connectivity index (χ1) is 12.7. The number of ether oxygens (including phenoxy) is 2. The maximum Gasteiger partial charge on any atom is 0.417 e. The zero-order valence-corrected chi connectivity index (χ0v) is 14.2. The van der Waals surface area contributed by atoms with Crippen molar-refractivity contribution in [3.63, 3.8) is 0 Å². The lowest BCUT2D eigenvalue weighted by Gasteiger charge is -2.18. The van der Waals surface area contributed by atoms with Gasteiger partial charge in [0.25, 0.3) is 5.91 Å². The van der Waals surface area contributed by atoms with Crippen molar-refractivity contribution in [3.05, 3.63) is 83.4 Å². The van der Waals surface area contributed by atoms with Crippen molar-refractivity contribution in [1.29, 1.82) is 0 Å². The molecule has 2 aliphatic rings. The minimum atomic E-state index is -0.575. The molecule has 1 fully saturated rings. The van der Waals surface area contributed by atoms with E-state index in [-0.39, 0.29) is 18.1 Å². The van der Waals surface area contributed by atoms with E-state index in [1.165, 1.54) is 11.0 Å². The van der Waals surface area contributed by atoms with Gasteiger partial charge >= 0.3 is 6.09 Å². The number of carbonyl (C=O) groups is 2. The minimum Gasteiger partial charge on any atom is -0.443 e. The van der Waals surface area contributed by atoms with E-state index in [2.05, 4.69) is 0 Å². The Morgan fingerprint density at radius 1 is 1.15 bits per heavy atom. The Morgan fingerprint density at radius 2 is 1.92 bits per heavy atom. The van der Waals surface area contributed by atoms with Crippen molar-refractivity contribution in [3.8, 4) is 0 Å². The Bertz CT molecular complexity index is 846. The van der Waals surface area contributed by atoms with Gasteiger partial charge in [0.05, 0.1) is 13.2 Å². The summed E-state index contributed by atoms with van der Waals surface area (Å²) in [5.74, 6) is -0.373. The van der Waals surface area contributed by atoms with Crippen LogP contribution in [-0.4, -0.2) is 29.6 Å². The van der Waals surface area contributed by atoms with Gasteiger partial charge in [0.2, 0.25) is 0 Å². The van der Waals surface area contributed by atoms with Crippen LogP contribution in [-0.2, 0) is 27.3 Å². The summed E-state index contributed by atoms with van der Waals surface area (Å²) in [5, 5.41) is 0. The molecule has 0 N–H and O–H groups in total. The summed E-state index contributed by atoms with van der Waals surface area (Å²) >= 11 is 0. The molecule has 1 aliphatic carbocycles. The number of amides is 2. The number of hydrogen-bond donors (Lipinski definition) is 0. The van der Waals surface area contributed by atoms with Crippen LogP contribution in [0.25, 0.3) is 0 Å². The lowest BCUT2D eigenvalue weighted by molar-refractivity contribution is -0.124. The smallest absolute Gasteiger partial charge is 0.417 e. The number of rotatable bonds is 5. The van der Waals surface area contributed by atoms with Crippen molar-refractivity contribution in [2.45, 2.75) is 25.2 Å². The predicted molar refractivity (Wildman–Crippen MR) is 95.2 cm³/mol. The molecule has 0 saturated carbocycles. The third-order valence-corrected chi connectivity index (χ3v) is 4.70. The molecule has 1 heterocycles. The summed E-state index contributed by atoms with van der Waals surface area (Å²) in [4.78, 5) is 25.9. The molecule has 0 bridgehead atoms. The number of benzene rings is 2. The molecular formula is C21H19NO4. The largest absolute Gasteiger partial charge is 0.443 e. The number of hydrogen-bond acceptors (Lipinski definition) is 4. The highest BCUT2D eigenvalue weighted by Crippen LogP contribution is 2.42. The van der Waals surface area contributed by atoms with Crippen molar-refractivity contribution >= 4 is 12.0 Å². The lowest BCUT2D eigenvalue weighted by Crippen LogP contribution is -2.33. The fraction of sp³-hybridized carbons (Fsp3) is 0.238. The molecular weight excluding hydrogens is 330 g/mol. The van der Waals surface area contributed by atoms with Gasteiger partial charge < -0.3 is 9.47 Å². The Kier molecular flexibility index (Phi) is 4.54. The molecule has 2 aromatic rings. The van der Waals surface area contributed by atoms with Crippen LogP contribution in [0, 0.1) is 0 Å². The maximum atomic E-state index is 12.5. The molecule has 2 amide bonds. The predicted octanol–water partition coefficient (Wildman–Crippen LogP) is 3.40. The Morgan fingerprint density at radius 3 is 2.77 bits per heavy atom. The quantitative estimate of drug-likeness (QED) is 0.613. The fourth-order valence-corrected chi connectivity index (χ4v) is 3.52. The molecule has 0 radical (unpaired) electrons. The first kappa shape index (κ1) is 16.5. The van der Waals surface area contributed by atoms with Gasteiger partial charge in [0, 0.05) is 12.5 Å². The molecule has 2 atom stereocenters. The Labute approximate surface area is 151 Å². The van der Waals surface area contributed by atoms with Crippen LogP contribution in [0.4, 0.5) is 4.79 Å². The van der Waals surface area contributed by atoms with E-state index >= 15 is 0 Å². The van der Waals surface area contributed by atoms with Crippen molar-refractivity contribution < 1.29 is 19.1 Å². The zero-order valence-electron chi connectivity index (χ0n) is 14.2. The second-order valence-electron chi connectivity index (χ2n) is 6.38. The van der Waals surface area contributed by atoms with Gasteiger partial charge in [-0.25, -0.2) is 9.69 Å². The topological polar surface area (TPSA) is 55.8 Å². The fourth-order valence-electron chi connectivity index (χ4n) is 3.52. The summed E-state index contributed by atoms with van der Waals surface area (Å²) in [7, 11) is 0. The highest BCUT2D eigenvalue weighted by molar-refractivity contribution is 6.00.